The number of pyridine rings is 1. The van der Waals surface area contributed by atoms with E-state index in [1.165, 1.54) is 0 Å². The van der Waals surface area contributed by atoms with E-state index in [0.717, 1.165) is 11.3 Å². The third kappa shape index (κ3) is 3.35. The predicted octanol–water partition coefficient (Wildman–Crippen LogP) is 2.44. The summed E-state index contributed by atoms with van der Waals surface area (Å²) in [5, 5.41) is 11.4. The van der Waals surface area contributed by atoms with Crippen LogP contribution in [0, 0.1) is 0 Å². The maximum atomic E-state index is 11.8. The van der Waals surface area contributed by atoms with E-state index in [4.69, 9.17) is 0 Å². The summed E-state index contributed by atoms with van der Waals surface area (Å²) in [5.41, 5.74) is 2.50. The van der Waals surface area contributed by atoms with Crippen molar-refractivity contribution < 1.29 is 4.79 Å². The van der Waals surface area contributed by atoms with Gasteiger partial charge in [0.25, 0.3) is 5.91 Å². The van der Waals surface area contributed by atoms with Crippen molar-refractivity contribution in [3.63, 3.8) is 0 Å². The summed E-state index contributed by atoms with van der Waals surface area (Å²) in [4.78, 5) is 15.8. The average Bonchev–Trinajstić information content (AvgIpc) is 3.19. The van der Waals surface area contributed by atoms with Gasteiger partial charge in [0.2, 0.25) is 0 Å². The normalized spacial score (nSPS) is 10.5. The van der Waals surface area contributed by atoms with Gasteiger partial charge in [-0.05, 0) is 29.6 Å². The second kappa shape index (κ2) is 6.32. The maximum Gasteiger partial charge on any atom is 0.269 e. The first-order chi connectivity index (χ1) is 10.3. The molecule has 6 heteroatoms. The molecule has 21 heavy (non-hydrogen) atoms. The average molecular weight is 298 g/mol. The molecule has 0 fully saturated rings. The molecular formula is C15H14N4OS. The Kier molecular flexibility index (Phi) is 4.07. The van der Waals surface area contributed by atoms with Crippen LogP contribution in [0.25, 0.3) is 11.3 Å². The molecule has 0 aliphatic rings. The Bertz CT molecular complexity index is 706. The van der Waals surface area contributed by atoms with Crippen molar-refractivity contribution in [2.75, 3.05) is 6.54 Å². The van der Waals surface area contributed by atoms with E-state index in [-0.39, 0.29) is 5.91 Å². The van der Waals surface area contributed by atoms with Gasteiger partial charge in [-0.2, -0.15) is 16.4 Å². The van der Waals surface area contributed by atoms with Crippen LogP contribution in [0.3, 0.4) is 0 Å². The molecule has 106 valence electrons. The number of hydrogen-bond acceptors (Lipinski definition) is 4. The van der Waals surface area contributed by atoms with E-state index < -0.39 is 0 Å². The Labute approximate surface area is 126 Å². The van der Waals surface area contributed by atoms with Gasteiger partial charge in [-0.1, -0.05) is 6.07 Å². The zero-order valence-electron chi connectivity index (χ0n) is 11.3. The molecule has 0 aliphatic carbocycles. The summed E-state index contributed by atoms with van der Waals surface area (Å²) >= 11 is 1.65. The highest BCUT2D eigenvalue weighted by Gasteiger charge is 2.06. The molecule has 0 radical (unpaired) electrons. The molecule has 3 aromatic rings. The predicted molar refractivity (Wildman–Crippen MR) is 82.1 cm³/mol. The highest BCUT2D eigenvalue weighted by atomic mass is 32.1. The number of nitrogens with one attached hydrogen (secondary N) is 1. The molecule has 0 atom stereocenters. The van der Waals surface area contributed by atoms with Crippen LogP contribution in [0.1, 0.15) is 10.5 Å². The lowest BCUT2D eigenvalue weighted by atomic mass is 10.2. The quantitative estimate of drug-likeness (QED) is 0.787. The van der Waals surface area contributed by atoms with Crippen molar-refractivity contribution in [3.8, 4) is 11.3 Å². The van der Waals surface area contributed by atoms with E-state index in [9.17, 15) is 4.79 Å². The molecule has 3 heterocycles. The fourth-order valence-electron chi connectivity index (χ4n) is 1.92. The number of hydrogen-bond donors (Lipinski definition) is 1. The van der Waals surface area contributed by atoms with Crippen LogP contribution in [0.4, 0.5) is 0 Å². The molecule has 5 nitrogen and oxygen atoms in total. The molecule has 0 bridgehead atoms. The minimum Gasteiger partial charge on any atom is -0.349 e. The van der Waals surface area contributed by atoms with Crippen LogP contribution in [0.5, 0.6) is 0 Å². The van der Waals surface area contributed by atoms with Gasteiger partial charge in [0.05, 0.1) is 12.2 Å². The van der Waals surface area contributed by atoms with Crippen molar-refractivity contribution >= 4 is 17.2 Å². The number of carbonyl (C=O) groups is 1. The second-order valence-corrected chi connectivity index (χ2v) is 5.23. The smallest absolute Gasteiger partial charge is 0.269 e. The first kappa shape index (κ1) is 13.5. The Hall–Kier alpha value is -2.47. The van der Waals surface area contributed by atoms with Crippen molar-refractivity contribution in [2.24, 2.45) is 0 Å². The Balaban J connectivity index is 1.53. The van der Waals surface area contributed by atoms with Gasteiger partial charge in [-0.15, -0.1) is 0 Å². The van der Waals surface area contributed by atoms with E-state index in [2.05, 4.69) is 20.8 Å². The Morgan fingerprint density at radius 2 is 2.24 bits per heavy atom. The molecule has 0 aromatic carbocycles. The van der Waals surface area contributed by atoms with Crippen molar-refractivity contribution in [3.05, 3.63) is 59.2 Å². The molecule has 0 unspecified atom stereocenters. The zero-order valence-corrected chi connectivity index (χ0v) is 12.1. The van der Waals surface area contributed by atoms with E-state index in [1.54, 1.807) is 35.7 Å². The minimum absolute atomic E-state index is 0.166. The topological polar surface area (TPSA) is 59.8 Å². The van der Waals surface area contributed by atoms with Crippen LogP contribution in [-0.2, 0) is 6.54 Å². The fourth-order valence-corrected chi connectivity index (χ4v) is 2.57. The van der Waals surface area contributed by atoms with E-state index >= 15 is 0 Å². The Morgan fingerprint density at radius 3 is 3.00 bits per heavy atom. The van der Waals surface area contributed by atoms with Crippen molar-refractivity contribution in [1.29, 1.82) is 0 Å². The first-order valence-electron chi connectivity index (χ1n) is 6.58. The highest BCUT2D eigenvalue weighted by molar-refractivity contribution is 7.08. The van der Waals surface area contributed by atoms with Crippen molar-refractivity contribution in [1.82, 2.24) is 20.1 Å². The Morgan fingerprint density at radius 1 is 1.29 bits per heavy atom. The van der Waals surface area contributed by atoms with Crippen LogP contribution >= 0.6 is 11.3 Å². The molecule has 1 N–H and O–H groups in total. The van der Waals surface area contributed by atoms with Gasteiger partial charge in [0, 0.05) is 29.9 Å². The summed E-state index contributed by atoms with van der Waals surface area (Å²) in [7, 11) is 0. The van der Waals surface area contributed by atoms with Gasteiger partial charge in [0.1, 0.15) is 5.69 Å². The van der Waals surface area contributed by atoms with Crippen molar-refractivity contribution in [2.45, 2.75) is 6.54 Å². The van der Waals surface area contributed by atoms with E-state index in [0.29, 0.717) is 18.8 Å². The number of amides is 1. The molecule has 3 aromatic heterocycles. The summed E-state index contributed by atoms with van der Waals surface area (Å²) in [5.74, 6) is -0.166. The minimum atomic E-state index is -0.166. The first-order valence-corrected chi connectivity index (χ1v) is 7.52. The number of nitrogens with zero attached hydrogens (tertiary/aromatic N) is 3. The summed E-state index contributed by atoms with van der Waals surface area (Å²) in [6.07, 6.45) is 3.52. The maximum absolute atomic E-state index is 11.8. The molecule has 0 saturated heterocycles. The van der Waals surface area contributed by atoms with Crippen LogP contribution in [0.2, 0.25) is 0 Å². The SMILES string of the molecule is O=C(NCCn1ccc(-c2ccsc2)n1)c1ccccn1. The lowest BCUT2D eigenvalue weighted by Crippen LogP contribution is -2.28. The molecule has 0 saturated carbocycles. The number of aromatic nitrogens is 3. The fraction of sp³-hybridized carbons (Fsp3) is 0.133. The molecular weight excluding hydrogens is 284 g/mol. The van der Waals surface area contributed by atoms with Crippen LogP contribution < -0.4 is 5.32 Å². The van der Waals surface area contributed by atoms with E-state index in [1.807, 2.05) is 28.4 Å². The summed E-state index contributed by atoms with van der Waals surface area (Å²) in [6, 6.07) is 9.29. The standard InChI is InChI=1S/C15H14N4OS/c20-15(14-3-1-2-6-16-14)17-7-9-19-8-4-13(18-19)12-5-10-21-11-12/h1-6,8,10-11H,7,9H2,(H,17,20). The molecule has 0 spiro atoms. The van der Waals surface area contributed by atoms with Crippen LogP contribution in [0.15, 0.2) is 53.5 Å². The number of carbonyl (C=O) groups excluding carboxylic acids is 1. The second-order valence-electron chi connectivity index (χ2n) is 4.45. The van der Waals surface area contributed by atoms with Crippen LogP contribution in [-0.4, -0.2) is 27.2 Å². The summed E-state index contributed by atoms with van der Waals surface area (Å²) < 4.78 is 1.83. The van der Waals surface area contributed by atoms with Gasteiger partial charge in [0.15, 0.2) is 0 Å². The van der Waals surface area contributed by atoms with Gasteiger partial charge in [-0.3, -0.25) is 14.5 Å². The zero-order chi connectivity index (χ0) is 14.5. The molecule has 1 amide bonds. The van der Waals surface area contributed by atoms with Gasteiger partial charge in [-0.25, -0.2) is 0 Å². The lowest BCUT2D eigenvalue weighted by molar-refractivity contribution is 0.0947. The largest absolute Gasteiger partial charge is 0.349 e. The van der Waals surface area contributed by atoms with Gasteiger partial charge >= 0.3 is 0 Å². The third-order valence-electron chi connectivity index (χ3n) is 2.98. The molecule has 3 rings (SSSR count). The number of rotatable bonds is 5. The van der Waals surface area contributed by atoms with Gasteiger partial charge < -0.3 is 5.32 Å². The third-order valence-corrected chi connectivity index (χ3v) is 3.66. The lowest BCUT2D eigenvalue weighted by Gasteiger charge is -2.04. The monoisotopic (exact) mass is 298 g/mol. The highest BCUT2D eigenvalue weighted by Crippen LogP contribution is 2.19. The number of thiophene rings is 1. The summed E-state index contributed by atoms with van der Waals surface area (Å²) in [6.45, 7) is 1.14. The molecule has 0 aliphatic heterocycles.